The lowest BCUT2D eigenvalue weighted by Crippen LogP contribution is -2.45. The number of carbonyl (C=O) groups excluding carboxylic acids is 1. The Morgan fingerprint density at radius 1 is 1.33 bits per heavy atom. The Labute approximate surface area is 127 Å². The number of benzene rings is 1. The number of aromatic nitrogens is 3. The Morgan fingerprint density at radius 3 is 2.76 bits per heavy atom. The van der Waals surface area contributed by atoms with Crippen LogP contribution in [0, 0.1) is 0 Å². The molecule has 1 saturated heterocycles. The zero-order valence-electron chi connectivity index (χ0n) is 11.2. The van der Waals surface area contributed by atoms with Crippen LogP contribution in [0.15, 0.2) is 30.6 Å². The molecule has 1 unspecified atom stereocenters. The maximum absolute atomic E-state index is 12.0. The Morgan fingerprint density at radius 2 is 2.14 bits per heavy atom. The van der Waals surface area contributed by atoms with Gasteiger partial charge in [0.05, 0.1) is 6.61 Å². The van der Waals surface area contributed by atoms with Crippen LogP contribution in [0.3, 0.4) is 0 Å². The smallest absolute Gasteiger partial charge is 0.254 e. The lowest BCUT2D eigenvalue weighted by Gasteiger charge is -2.22. The van der Waals surface area contributed by atoms with Crippen molar-refractivity contribution in [3.63, 3.8) is 0 Å². The van der Waals surface area contributed by atoms with Crippen molar-refractivity contribution in [1.82, 2.24) is 20.5 Å². The highest BCUT2D eigenvalue weighted by Gasteiger charge is 2.21. The molecule has 7 nitrogen and oxygen atoms in total. The summed E-state index contributed by atoms with van der Waals surface area (Å²) in [5.74, 6) is 0.562. The molecule has 21 heavy (non-hydrogen) atoms. The number of carbonyl (C=O) groups is 1. The Bertz CT molecular complexity index is 567. The van der Waals surface area contributed by atoms with Gasteiger partial charge < -0.3 is 15.4 Å². The van der Waals surface area contributed by atoms with Crippen molar-refractivity contribution in [1.29, 1.82) is 0 Å². The van der Waals surface area contributed by atoms with Crippen molar-refractivity contribution in [3.8, 4) is 11.4 Å². The van der Waals surface area contributed by atoms with Crippen LogP contribution in [0.1, 0.15) is 0 Å². The number of amides is 1. The number of nitrogens with zero attached hydrogens (tertiary/aromatic N) is 2. The van der Waals surface area contributed by atoms with E-state index in [1.807, 2.05) is 24.3 Å². The predicted octanol–water partition coefficient (Wildman–Crippen LogP) is 0.820. The van der Waals surface area contributed by atoms with E-state index in [1.54, 1.807) is 0 Å². The topological polar surface area (TPSA) is 91.9 Å². The average Bonchev–Trinajstić information content (AvgIpc) is 3.03. The second kappa shape index (κ2) is 7.16. The first kappa shape index (κ1) is 15.4. The fraction of sp³-hybridized carbons (Fsp3) is 0.308. The normalized spacial score (nSPS) is 17.8. The maximum Gasteiger partial charge on any atom is 0.254 e. The summed E-state index contributed by atoms with van der Waals surface area (Å²) in [6.45, 7) is 1.89. The highest BCUT2D eigenvalue weighted by Crippen LogP contribution is 2.17. The summed E-state index contributed by atoms with van der Waals surface area (Å²) in [6.07, 6.45) is 1.02. The van der Waals surface area contributed by atoms with Gasteiger partial charge in [-0.1, -0.05) is 0 Å². The number of hydrogen-bond acceptors (Lipinski definition) is 5. The molecule has 2 aromatic rings. The number of halogens is 1. The lowest BCUT2D eigenvalue weighted by molar-refractivity contribution is -0.128. The van der Waals surface area contributed by atoms with Gasteiger partial charge in [0.15, 0.2) is 5.82 Å². The monoisotopic (exact) mass is 309 g/mol. The summed E-state index contributed by atoms with van der Waals surface area (Å²) in [7, 11) is 0. The fourth-order valence-electron chi connectivity index (χ4n) is 2.01. The van der Waals surface area contributed by atoms with E-state index in [0.717, 1.165) is 17.8 Å². The second-order valence-corrected chi connectivity index (χ2v) is 4.46. The molecule has 1 fully saturated rings. The summed E-state index contributed by atoms with van der Waals surface area (Å²) in [5.41, 5.74) is 1.64. The van der Waals surface area contributed by atoms with Crippen molar-refractivity contribution in [2.45, 2.75) is 6.10 Å². The van der Waals surface area contributed by atoms with Crippen molar-refractivity contribution in [3.05, 3.63) is 30.6 Å². The number of morpholine rings is 1. The zero-order valence-corrected chi connectivity index (χ0v) is 12.0. The van der Waals surface area contributed by atoms with E-state index in [9.17, 15) is 4.79 Å². The summed E-state index contributed by atoms with van der Waals surface area (Å²) < 4.78 is 5.40. The number of nitrogens with one attached hydrogen (secondary N) is 3. The van der Waals surface area contributed by atoms with Gasteiger partial charge in [-0.15, -0.1) is 12.4 Å². The van der Waals surface area contributed by atoms with E-state index < -0.39 is 6.10 Å². The molecule has 112 valence electrons. The van der Waals surface area contributed by atoms with Crippen molar-refractivity contribution in [2.24, 2.45) is 0 Å². The summed E-state index contributed by atoms with van der Waals surface area (Å²) in [6, 6.07) is 7.39. The minimum absolute atomic E-state index is 0. The number of anilines is 1. The van der Waals surface area contributed by atoms with Crippen LogP contribution >= 0.6 is 12.4 Å². The third kappa shape index (κ3) is 3.78. The SMILES string of the molecule is Cl.O=C(Nc1ccc(-c2ncn[nH]2)cc1)C1CNCCO1. The quantitative estimate of drug-likeness (QED) is 0.781. The van der Waals surface area contributed by atoms with E-state index in [2.05, 4.69) is 25.8 Å². The molecule has 0 aliphatic carbocycles. The van der Waals surface area contributed by atoms with Crippen LogP contribution in [0.4, 0.5) is 5.69 Å². The molecule has 0 bridgehead atoms. The first-order valence-electron chi connectivity index (χ1n) is 6.42. The Balaban J connectivity index is 0.00000161. The highest BCUT2D eigenvalue weighted by molar-refractivity contribution is 5.94. The van der Waals surface area contributed by atoms with Gasteiger partial charge in [-0.05, 0) is 24.3 Å². The van der Waals surface area contributed by atoms with Crippen LogP contribution in [0.2, 0.25) is 0 Å². The first-order valence-corrected chi connectivity index (χ1v) is 6.42. The molecule has 1 aromatic carbocycles. The fourth-order valence-corrected chi connectivity index (χ4v) is 2.01. The Hall–Kier alpha value is -1.96. The minimum atomic E-state index is -0.433. The van der Waals surface area contributed by atoms with Gasteiger partial charge in [0.1, 0.15) is 12.4 Å². The molecule has 0 saturated carbocycles. The Kier molecular flexibility index (Phi) is 5.26. The van der Waals surface area contributed by atoms with Gasteiger partial charge in [-0.25, -0.2) is 4.98 Å². The van der Waals surface area contributed by atoms with E-state index in [0.29, 0.717) is 19.0 Å². The molecule has 1 amide bonds. The van der Waals surface area contributed by atoms with Gasteiger partial charge in [0.25, 0.3) is 5.91 Å². The lowest BCUT2D eigenvalue weighted by atomic mass is 10.2. The average molecular weight is 310 g/mol. The number of hydrogen-bond donors (Lipinski definition) is 3. The third-order valence-corrected chi connectivity index (χ3v) is 3.06. The summed E-state index contributed by atoms with van der Waals surface area (Å²) in [5, 5.41) is 12.5. The van der Waals surface area contributed by atoms with E-state index in [-0.39, 0.29) is 18.3 Å². The van der Waals surface area contributed by atoms with Crippen LogP contribution in [-0.4, -0.2) is 46.9 Å². The molecule has 0 spiro atoms. The van der Waals surface area contributed by atoms with Crippen LogP contribution in [-0.2, 0) is 9.53 Å². The molecule has 1 aromatic heterocycles. The molecular formula is C13H16ClN5O2. The van der Waals surface area contributed by atoms with Gasteiger partial charge >= 0.3 is 0 Å². The summed E-state index contributed by atoms with van der Waals surface area (Å²) in [4.78, 5) is 16.0. The largest absolute Gasteiger partial charge is 0.366 e. The zero-order chi connectivity index (χ0) is 13.8. The molecule has 0 radical (unpaired) electrons. The number of H-pyrrole nitrogens is 1. The standard InChI is InChI=1S/C13H15N5O2.ClH/c19-13(11-7-14-5-6-20-11)17-10-3-1-9(2-4-10)12-15-8-16-18-12;/h1-4,8,11,14H,5-7H2,(H,17,19)(H,15,16,18);1H. The van der Waals surface area contributed by atoms with E-state index in [4.69, 9.17) is 4.74 Å². The van der Waals surface area contributed by atoms with Crippen molar-refractivity contribution < 1.29 is 9.53 Å². The van der Waals surface area contributed by atoms with Crippen LogP contribution in [0.5, 0.6) is 0 Å². The van der Waals surface area contributed by atoms with Crippen molar-refractivity contribution in [2.75, 3.05) is 25.0 Å². The predicted molar refractivity (Wildman–Crippen MR) is 80.3 cm³/mol. The first-order chi connectivity index (χ1) is 9.83. The third-order valence-electron chi connectivity index (χ3n) is 3.06. The highest BCUT2D eigenvalue weighted by atomic mass is 35.5. The van der Waals surface area contributed by atoms with Gasteiger partial charge in [0.2, 0.25) is 0 Å². The molecular weight excluding hydrogens is 294 g/mol. The number of aromatic amines is 1. The van der Waals surface area contributed by atoms with Crippen molar-refractivity contribution >= 4 is 24.0 Å². The molecule has 3 N–H and O–H groups in total. The summed E-state index contributed by atoms with van der Waals surface area (Å²) >= 11 is 0. The maximum atomic E-state index is 12.0. The molecule has 1 aliphatic heterocycles. The molecule has 1 aliphatic rings. The van der Waals surface area contributed by atoms with Gasteiger partial charge in [-0.3, -0.25) is 9.89 Å². The molecule has 8 heteroatoms. The molecule has 2 heterocycles. The van der Waals surface area contributed by atoms with Crippen LogP contribution < -0.4 is 10.6 Å². The number of rotatable bonds is 3. The van der Waals surface area contributed by atoms with E-state index in [1.165, 1.54) is 6.33 Å². The second-order valence-electron chi connectivity index (χ2n) is 4.46. The van der Waals surface area contributed by atoms with Gasteiger partial charge in [0, 0.05) is 24.3 Å². The van der Waals surface area contributed by atoms with E-state index >= 15 is 0 Å². The molecule has 1 atom stereocenters. The van der Waals surface area contributed by atoms with Gasteiger partial charge in [-0.2, -0.15) is 5.10 Å². The van der Waals surface area contributed by atoms with Crippen LogP contribution in [0.25, 0.3) is 11.4 Å². The molecule has 3 rings (SSSR count). The number of ether oxygens (including phenoxy) is 1. The minimum Gasteiger partial charge on any atom is -0.366 e.